The molecule has 10 N–H and O–H groups in total. The van der Waals surface area contributed by atoms with Crippen LogP contribution in [0.3, 0.4) is 0 Å². The van der Waals surface area contributed by atoms with Crippen LogP contribution in [0.5, 0.6) is 0 Å². The second-order valence-electron chi connectivity index (χ2n) is 22.4. The van der Waals surface area contributed by atoms with Gasteiger partial charge in [-0.1, -0.05) is 123 Å². The van der Waals surface area contributed by atoms with Crippen molar-refractivity contribution in [3.63, 3.8) is 0 Å². The van der Waals surface area contributed by atoms with E-state index in [4.69, 9.17) is 72.9 Å². The predicted molar refractivity (Wildman–Crippen MR) is 407 cm³/mol. The minimum Gasteiger partial charge on any atom is -0.447 e. The molecule has 2 unspecified atom stereocenters. The molecule has 98 heavy (non-hydrogen) atoms. The van der Waals surface area contributed by atoms with Gasteiger partial charge in [0.15, 0.2) is 0 Å². The Kier molecular flexibility index (Phi) is 104. The molecule has 0 aliphatic carbocycles. The van der Waals surface area contributed by atoms with Crippen molar-refractivity contribution in [2.45, 2.75) is 206 Å². The molecule has 0 heterocycles. The van der Waals surface area contributed by atoms with Crippen molar-refractivity contribution in [3.8, 4) is 0 Å². The number of nitrogens with one attached hydrogen (secondary N) is 5. The molecule has 0 fully saturated rings. The highest BCUT2D eigenvalue weighted by Gasteiger charge is 2.08. The highest BCUT2D eigenvalue weighted by atomic mass is 32.1. The van der Waals surface area contributed by atoms with Gasteiger partial charge in [-0.3, -0.25) is 14.4 Å². The van der Waals surface area contributed by atoms with Crippen molar-refractivity contribution in [3.05, 3.63) is 0 Å². The van der Waals surface area contributed by atoms with Crippen LogP contribution in [0, 0.1) is 0 Å². The van der Waals surface area contributed by atoms with Gasteiger partial charge in [-0.25, -0.2) is 9.59 Å². The summed E-state index contributed by atoms with van der Waals surface area (Å²) in [6.07, 6.45) is 29.6. The normalized spacial score (nSPS) is 11.3. The van der Waals surface area contributed by atoms with Crippen molar-refractivity contribution in [1.29, 1.82) is 0 Å². The third kappa shape index (κ3) is 105. The van der Waals surface area contributed by atoms with Crippen molar-refractivity contribution in [1.82, 2.24) is 26.6 Å². The Hall–Kier alpha value is -1.82. The third-order valence-electron chi connectivity index (χ3n) is 13.2. The van der Waals surface area contributed by atoms with Crippen LogP contribution in [-0.2, 0) is 61.8 Å². The fourth-order valence-electron chi connectivity index (χ4n) is 7.82. The molecule has 0 aromatic carbocycles. The van der Waals surface area contributed by atoms with Crippen LogP contribution in [0.25, 0.3) is 0 Å². The molecule has 0 rings (SSSR count). The van der Waals surface area contributed by atoms with E-state index in [1.165, 1.54) is 116 Å². The maximum Gasteiger partial charge on any atom is 0.407 e. The third-order valence-corrected chi connectivity index (χ3v) is 14.6. The second kappa shape index (κ2) is 97.2. The molecular weight excluding hydrogens is 1370 g/mol. The number of alkyl carbamates (subject to hydrolysis) is 2. The summed E-state index contributed by atoms with van der Waals surface area (Å²) >= 11 is 20.3. The first kappa shape index (κ1) is 105. The van der Waals surface area contributed by atoms with Crippen LogP contribution in [0.1, 0.15) is 194 Å². The fraction of sp³-hybridized carbons (Fsp3) is 0.926. The number of hydrogen-bond acceptors (Lipinski definition) is 25. The first-order chi connectivity index (χ1) is 47.8. The molecule has 0 bridgehead atoms. The standard InChI is InChI=1S/C22H45NO5S.C21H43NO6S.C10H21NO3S.C9H19NO3S.C6H13NO3S/c1-2-14-25-16-13-23-22(24)28-20-19-27-18-17-26-15-11-9-7-5-3-4-6-8-10-12-21-29;23-12-15-26-14-11-22-21(24)28-19-18-27-17-16-25-13-9-7-5-3-1-2-4-6-8-10-20-29;1-2-5-13-7-8-14-6-4-11-10(12)3-9-15;11-7-8(12)6-10-9(13)4-2-1-3-5-14;8-4-5(9)3-7-6(10)1-2-11/h29H,2-21H2,1H3,(H,23,24);23,29H,1-20H2,(H,22,24);15H,2-9H2,1H3,(H,11,12);8,11-12,14H,1-7H2,(H,10,13);5,8-9,11H,1-4H2,(H,7,10). The highest BCUT2D eigenvalue weighted by Crippen LogP contribution is 2.12. The maximum atomic E-state index is 11.4. The van der Waals surface area contributed by atoms with Crippen molar-refractivity contribution >= 4 is 93.1 Å². The molecule has 0 aromatic heterocycles. The van der Waals surface area contributed by atoms with E-state index in [1.807, 2.05) is 6.92 Å². The quantitative estimate of drug-likeness (QED) is 0.0202. The molecule has 0 radical (unpaired) electrons. The van der Waals surface area contributed by atoms with E-state index >= 15 is 0 Å². The second-order valence-corrected chi connectivity index (χ2v) is 24.6. The highest BCUT2D eigenvalue weighted by molar-refractivity contribution is 7.80. The lowest BCUT2D eigenvalue weighted by atomic mass is 10.1. The number of aliphatic hydroxyl groups is 5. The van der Waals surface area contributed by atoms with Gasteiger partial charge < -0.3 is 99.5 Å². The Balaban J connectivity index is -0.000000387. The lowest BCUT2D eigenvalue weighted by Gasteiger charge is -2.08. The van der Waals surface area contributed by atoms with Crippen LogP contribution >= 0.6 is 63.1 Å². The van der Waals surface area contributed by atoms with Gasteiger partial charge in [0.25, 0.3) is 0 Å². The van der Waals surface area contributed by atoms with Crippen molar-refractivity contribution < 1.29 is 96.9 Å². The molecule has 0 saturated heterocycles. The summed E-state index contributed by atoms with van der Waals surface area (Å²) in [7, 11) is 0. The fourth-order valence-corrected chi connectivity index (χ4v) is 8.90. The average molecular weight is 1510 g/mol. The topological polar surface area (TPSA) is 339 Å². The number of carbonyl (C=O) groups is 5. The Morgan fingerprint density at radius 3 is 0.918 bits per heavy atom. The van der Waals surface area contributed by atoms with Gasteiger partial charge in [0.2, 0.25) is 17.7 Å². The van der Waals surface area contributed by atoms with Crippen LogP contribution < -0.4 is 26.6 Å². The molecule has 30 heteroatoms. The summed E-state index contributed by atoms with van der Waals surface area (Å²) in [5.74, 6) is 3.76. The number of amides is 5. The first-order valence-electron chi connectivity index (χ1n) is 36.3. The Morgan fingerprint density at radius 1 is 0.296 bits per heavy atom. The Labute approximate surface area is 619 Å². The number of rotatable bonds is 69. The molecule has 2 atom stereocenters. The molecule has 588 valence electrons. The molecule has 25 nitrogen and oxygen atoms in total. The van der Waals surface area contributed by atoms with Gasteiger partial charge in [-0.2, -0.15) is 63.1 Å². The van der Waals surface area contributed by atoms with E-state index in [9.17, 15) is 24.0 Å². The number of ether oxygens (including phenoxy) is 10. The summed E-state index contributed by atoms with van der Waals surface area (Å²) in [5.41, 5.74) is 0. The zero-order chi connectivity index (χ0) is 73.4. The summed E-state index contributed by atoms with van der Waals surface area (Å²) < 4.78 is 52.6. The number of aliphatic hydroxyl groups excluding tert-OH is 5. The molecule has 0 spiro atoms. The smallest absolute Gasteiger partial charge is 0.407 e. The van der Waals surface area contributed by atoms with Crippen LogP contribution in [0.15, 0.2) is 0 Å². The van der Waals surface area contributed by atoms with E-state index < -0.39 is 24.4 Å². The lowest BCUT2D eigenvalue weighted by molar-refractivity contribution is -0.122. The minimum absolute atomic E-state index is 0.0239. The summed E-state index contributed by atoms with van der Waals surface area (Å²) in [6, 6.07) is 0. The van der Waals surface area contributed by atoms with E-state index in [0.717, 1.165) is 82.0 Å². The van der Waals surface area contributed by atoms with E-state index in [0.29, 0.717) is 130 Å². The number of unbranched alkanes of at least 4 members (excludes halogenated alkanes) is 20. The number of thiol groups is 5. The molecule has 0 aliphatic rings. The molecule has 0 aliphatic heterocycles. The summed E-state index contributed by atoms with van der Waals surface area (Å²) in [5, 5.41) is 56.0. The zero-order valence-electron chi connectivity index (χ0n) is 60.5. The van der Waals surface area contributed by atoms with Crippen LogP contribution in [0.2, 0.25) is 0 Å². The molecule has 0 saturated carbocycles. The molecule has 0 aromatic rings. The Bertz CT molecular complexity index is 1530. The lowest BCUT2D eigenvalue weighted by Crippen LogP contribution is -2.33. The van der Waals surface area contributed by atoms with E-state index in [2.05, 4.69) is 96.7 Å². The van der Waals surface area contributed by atoms with Crippen molar-refractivity contribution in [2.75, 3.05) is 200 Å². The number of carbonyl (C=O) groups excluding carboxylic acids is 5. The Morgan fingerprint density at radius 2 is 0.571 bits per heavy atom. The average Bonchev–Trinajstić information content (AvgIpc) is 3.83. The first-order valence-corrected chi connectivity index (χ1v) is 39.5. The van der Waals surface area contributed by atoms with Gasteiger partial charge in [0, 0.05) is 78.4 Å². The zero-order valence-corrected chi connectivity index (χ0v) is 64.9. The minimum atomic E-state index is -0.862. The monoisotopic (exact) mass is 1510 g/mol. The summed E-state index contributed by atoms with van der Waals surface area (Å²) in [6.45, 7) is 14.4. The van der Waals surface area contributed by atoms with Gasteiger partial charge in [-0.15, -0.1) is 0 Å². The predicted octanol–water partition coefficient (Wildman–Crippen LogP) is 8.18. The summed E-state index contributed by atoms with van der Waals surface area (Å²) in [4.78, 5) is 55.5. The van der Waals surface area contributed by atoms with E-state index in [-0.39, 0.29) is 70.5 Å². The molecule has 5 amide bonds. The van der Waals surface area contributed by atoms with E-state index in [1.54, 1.807) is 0 Å². The number of hydrogen-bond donors (Lipinski definition) is 15. The van der Waals surface area contributed by atoms with Crippen molar-refractivity contribution in [2.24, 2.45) is 0 Å². The van der Waals surface area contributed by atoms with Gasteiger partial charge in [0.1, 0.15) is 13.2 Å². The van der Waals surface area contributed by atoms with Gasteiger partial charge in [-0.05, 0) is 80.1 Å². The SMILES string of the molecule is CCCOCCNC(=O)OCCOCCOCCCCCCCCCCCCS.CCCOCCOCCNC(=O)CCS.O=C(CCCCCS)NCC(O)CO.O=C(CCS)NCC(O)CO.O=C(NCCOCCO)OCCOCCOCCCCCCCCCCCCS. The van der Waals surface area contributed by atoms with Gasteiger partial charge >= 0.3 is 12.2 Å². The largest absolute Gasteiger partial charge is 0.447 e. The molecular formula is C68H141N5O20S5. The van der Waals surface area contributed by atoms with Crippen LogP contribution in [-0.4, -0.2) is 268 Å². The van der Waals surface area contributed by atoms with Crippen LogP contribution in [0.4, 0.5) is 9.59 Å². The van der Waals surface area contributed by atoms with Gasteiger partial charge in [0.05, 0.1) is 111 Å². The maximum absolute atomic E-state index is 11.4.